The third-order valence-corrected chi connectivity index (χ3v) is 13.4. The molecule has 0 rings (SSSR count). The van der Waals surface area contributed by atoms with Gasteiger partial charge in [-0.15, -0.1) is 0 Å². The Morgan fingerprint density at radius 2 is 0.434 bits per heavy atom. The topological polar surface area (TPSA) is 78.9 Å². The Labute approximate surface area is 510 Å². The first-order valence-electron chi connectivity index (χ1n) is 33.3. The normalized spacial score (nSPS) is 13.3. The number of carbonyl (C=O) groups excluding carboxylic acids is 3. The highest BCUT2D eigenvalue weighted by atomic mass is 16.6. The van der Waals surface area contributed by atoms with Gasteiger partial charge in [0.25, 0.3) is 0 Å². The van der Waals surface area contributed by atoms with Crippen LogP contribution in [0.25, 0.3) is 0 Å². The van der Waals surface area contributed by atoms with Gasteiger partial charge in [-0.1, -0.05) is 274 Å². The highest BCUT2D eigenvalue weighted by molar-refractivity contribution is 5.71. The summed E-state index contributed by atoms with van der Waals surface area (Å²) in [6.07, 6.45) is 103. The maximum absolute atomic E-state index is 12.9. The molecule has 0 amide bonds. The summed E-state index contributed by atoms with van der Waals surface area (Å²) in [5.74, 6) is -0.964. The van der Waals surface area contributed by atoms with Crippen LogP contribution in [-0.2, 0) is 28.6 Å². The number of carbonyl (C=O) groups is 3. The van der Waals surface area contributed by atoms with Crippen LogP contribution in [0.15, 0.2) is 182 Å². The van der Waals surface area contributed by atoms with E-state index in [2.05, 4.69) is 203 Å². The SMILES string of the molecule is CC/C=C\C/C=C\C/C=C\C/C=C\C/C=C\C/C=C\C/C=C\C/C=C\C/C=C\CCCCCC(=O)OCC(COC(=O)CCCCCCCCC/C=C\C/C=C\C/C=C\CC)OC(=O)CCCCCCCCC/C=C\C/C=C\C/C=C\CC. The first kappa shape index (κ1) is 77.5. The first-order chi connectivity index (χ1) is 41.0. The summed E-state index contributed by atoms with van der Waals surface area (Å²) in [5.41, 5.74) is 0. The highest BCUT2D eigenvalue weighted by Gasteiger charge is 2.19. The fraction of sp³-hybridized carbons (Fsp3) is 0.571. The second-order valence-corrected chi connectivity index (χ2v) is 21.2. The van der Waals surface area contributed by atoms with Crippen molar-refractivity contribution in [2.45, 2.75) is 271 Å². The molecule has 0 aromatic heterocycles. The van der Waals surface area contributed by atoms with Gasteiger partial charge in [0.05, 0.1) is 0 Å². The Morgan fingerprint density at radius 1 is 0.241 bits per heavy atom. The molecule has 83 heavy (non-hydrogen) atoms. The van der Waals surface area contributed by atoms with Crippen LogP contribution in [-0.4, -0.2) is 37.2 Å². The van der Waals surface area contributed by atoms with Crippen molar-refractivity contribution in [3.63, 3.8) is 0 Å². The lowest BCUT2D eigenvalue weighted by molar-refractivity contribution is -0.167. The van der Waals surface area contributed by atoms with Crippen LogP contribution in [0.2, 0.25) is 0 Å². The van der Waals surface area contributed by atoms with E-state index in [4.69, 9.17) is 14.2 Å². The summed E-state index contributed by atoms with van der Waals surface area (Å²) in [4.78, 5) is 38.4. The largest absolute Gasteiger partial charge is 0.462 e. The van der Waals surface area contributed by atoms with E-state index in [1.54, 1.807) is 0 Å². The predicted molar refractivity (Wildman–Crippen MR) is 361 cm³/mol. The fourth-order valence-electron chi connectivity index (χ4n) is 8.52. The van der Waals surface area contributed by atoms with Crippen LogP contribution in [0, 0.1) is 0 Å². The number of esters is 3. The predicted octanol–water partition coefficient (Wildman–Crippen LogP) is 23.2. The smallest absolute Gasteiger partial charge is 0.306 e. The van der Waals surface area contributed by atoms with E-state index in [0.29, 0.717) is 19.3 Å². The molecule has 0 fully saturated rings. The molecule has 0 aromatic carbocycles. The molecule has 0 radical (unpaired) electrons. The van der Waals surface area contributed by atoms with E-state index >= 15 is 0 Å². The lowest BCUT2D eigenvalue weighted by Gasteiger charge is -2.18. The number of unbranched alkanes of at least 4 members (excludes halogenated alkanes) is 17. The number of rotatable bonds is 58. The summed E-state index contributed by atoms with van der Waals surface area (Å²) in [6, 6.07) is 0. The molecule has 0 aliphatic carbocycles. The van der Waals surface area contributed by atoms with Crippen molar-refractivity contribution in [3.8, 4) is 0 Å². The second-order valence-electron chi connectivity index (χ2n) is 21.2. The number of ether oxygens (including phenoxy) is 3. The van der Waals surface area contributed by atoms with E-state index in [-0.39, 0.29) is 31.1 Å². The average Bonchev–Trinajstić information content (AvgIpc) is 3.49. The maximum Gasteiger partial charge on any atom is 0.306 e. The Bertz CT molecular complexity index is 1940. The highest BCUT2D eigenvalue weighted by Crippen LogP contribution is 2.14. The van der Waals surface area contributed by atoms with Gasteiger partial charge in [-0.2, -0.15) is 0 Å². The van der Waals surface area contributed by atoms with Gasteiger partial charge in [-0.25, -0.2) is 0 Å². The maximum atomic E-state index is 12.9. The molecule has 0 aliphatic heterocycles. The molecule has 464 valence electrons. The summed E-state index contributed by atoms with van der Waals surface area (Å²) in [6.45, 7) is 6.26. The third-order valence-electron chi connectivity index (χ3n) is 13.4. The summed E-state index contributed by atoms with van der Waals surface area (Å²) < 4.78 is 16.9. The van der Waals surface area contributed by atoms with Crippen LogP contribution in [0.4, 0.5) is 0 Å². The van der Waals surface area contributed by atoms with Gasteiger partial charge < -0.3 is 14.2 Å². The van der Waals surface area contributed by atoms with Gasteiger partial charge in [0.15, 0.2) is 6.10 Å². The van der Waals surface area contributed by atoms with E-state index in [1.165, 1.54) is 44.9 Å². The average molecular weight is 1140 g/mol. The zero-order valence-electron chi connectivity index (χ0n) is 53.1. The minimum absolute atomic E-state index is 0.106. The molecule has 0 heterocycles. The van der Waals surface area contributed by atoms with Crippen LogP contribution in [0.1, 0.15) is 265 Å². The van der Waals surface area contributed by atoms with Gasteiger partial charge in [0.2, 0.25) is 0 Å². The first-order valence-corrected chi connectivity index (χ1v) is 33.3. The Kier molecular flexibility index (Phi) is 64.4. The Morgan fingerprint density at radius 3 is 0.687 bits per heavy atom. The van der Waals surface area contributed by atoms with Crippen molar-refractivity contribution in [2.24, 2.45) is 0 Å². The van der Waals surface area contributed by atoms with E-state index in [9.17, 15) is 14.4 Å². The monoisotopic (exact) mass is 1140 g/mol. The van der Waals surface area contributed by atoms with Gasteiger partial charge in [-0.3, -0.25) is 14.4 Å². The summed E-state index contributed by atoms with van der Waals surface area (Å²) >= 11 is 0. The summed E-state index contributed by atoms with van der Waals surface area (Å²) in [5, 5.41) is 0. The van der Waals surface area contributed by atoms with Crippen LogP contribution in [0.5, 0.6) is 0 Å². The number of hydrogen-bond acceptors (Lipinski definition) is 6. The molecule has 0 saturated heterocycles. The van der Waals surface area contributed by atoms with E-state index in [1.807, 2.05) is 0 Å². The second kappa shape index (κ2) is 69.0. The zero-order chi connectivity index (χ0) is 59.9. The van der Waals surface area contributed by atoms with Crippen molar-refractivity contribution < 1.29 is 28.6 Å². The van der Waals surface area contributed by atoms with Gasteiger partial charge in [0.1, 0.15) is 13.2 Å². The molecule has 0 bridgehead atoms. The van der Waals surface area contributed by atoms with Crippen LogP contribution in [0.3, 0.4) is 0 Å². The van der Waals surface area contributed by atoms with Gasteiger partial charge >= 0.3 is 17.9 Å². The van der Waals surface area contributed by atoms with Crippen molar-refractivity contribution in [3.05, 3.63) is 182 Å². The molecule has 0 aliphatic rings. The molecule has 0 aromatic rings. The van der Waals surface area contributed by atoms with Crippen molar-refractivity contribution in [1.82, 2.24) is 0 Å². The van der Waals surface area contributed by atoms with Crippen molar-refractivity contribution in [2.75, 3.05) is 13.2 Å². The molecule has 6 heteroatoms. The summed E-state index contributed by atoms with van der Waals surface area (Å²) in [7, 11) is 0. The molecular formula is C77H120O6. The number of hydrogen-bond donors (Lipinski definition) is 0. The molecule has 6 nitrogen and oxygen atoms in total. The lowest BCUT2D eigenvalue weighted by atomic mass is 10.1. The Balaban J connectivity index is 4.46. The lowest BCUT2D eigenvalue weighted by Crippen LogP contribution is -2.30. The minimum Gasteiger partial charge on any atom is -0.462 e. The quantitative estimate of drug-likeness (QED) is 0.0261. The number of allylic oxidation sites excluding steroid dienone is 30. The fourth-order valence-corrected chi connectivity index (χ4v) is 8.52. The minimum atomic E-state index is -0.814. The van der Waals surface area contributed by atoms with Crippen molar-refractivity contribution in [1.29, 1.82) is 0 Å². The molecular weight excluding hydrogens is 1020 g/mol. The standard InChI is InChI=1S/C77H120O6/c1-4-7-10-13-16-19-22-25-28-31-32-33-34-35-36-37-38-39-40-41-42-43-44-47-49-52-55-58-61-64-67-70-76(79)82-73-74(83-77(80)71-68-65-62-59-56-53-50-46-30-27-24-21-18-15-12-9-6-3)72-81-75(78)69-66-63-60-57-54-51-48-45-29-26-23-20-17-14-11-8-5-2/h7-12,16-21,25-30,32-33,35-36,38-39,41-42,44,47,52,55,74H,4-6,13-15,22-24,31,34,37,40,43,45-46,48-51,53-54,56-73H2,1-3H3/b10-7-,11-8-,12-9-,19-16-,20-17-,21-18-,28-25-,29-26-,30-27-,33-32-,36-35-,39-38-,42-41-,47-44-,55-52-. The van der Waals surface area contributed by atoms with E-state index < -0.39 is 6.10 Å². The third kappa shape index (κ3) is 67.2. The molecule has 0 spiro atoms. The molecule has 0 N–H and O–H groups in total. The van der Waals surface area contributed by atoms with Crippen LogP contribution >= 0.6 is 0 Å². The zero-order valence-corrected chi connectivity index (χ0v) is 53.1. The molecule has 1 unspecified atom stereocenters. The van der Waals surface area contributed by atoms with Gasteiger partial charge in [-0.05, 0) is 154 Å². The molecule has 0 saturated carbocycles. The Hall–Kier alpha value is -5.49. The van der Waals surface area contributed by atoms with Crippen molar-refractivity contribution >= 4 is 17.9 Å². The molecule has 1 atom stereocenters. The van der Waals surface area contributed by atoms with Gasteiger partial charge in [0, 0.05) is 19.3 Å². The van der Waals surface area contributed by atoms with E-state index in [0.717, 1.165) is 180 Å². The van der Waals surface area contributed by atoms with Crippen LogP contribution < -0.4 is 0 Å².